The van der Waals surface area contributed by atoms with E-state index in [0.29, 0.717) is 5.41 Å². The van der Waals surface area contributed by atoms with Gasteiger partial charge in [0.15, 0.2) is 0 Å². The van der Waals surface area contributed by atoms with Crippen LogP contribution in [0.5, 0.6) is 0 Å². The summed E-state index contributed by atoms with van der Waals surface area (Å²) >= 11 is 1.79. The Bertz CT molecular complexity index is 404. The molecule has 4 saturated carbocycles. The molecule has 4 bridgehead atoms. The molecular formula is C16H24N2S. The molecular weight excluding hydrogens is 252 g/mol. The zero-order valence-corrected chi connectivity index (χ0v) is 12.7. The van der Waals surface area contributed by atoms with Crippen LogP contribution >= 0.6 is 11.3 Å². The smallest absolute Gasteiger partial charge is 0.107 e. The van der Waals surface area contributed by atoms with Crippen molar-refractivity contribution in [1.82, 2.24) is 9.88 Å². The highest BCUT2D eigenvalue weighted by Crippen LogP contribution is 2.60. The molecule has 4 aliphatic carbocycles. The quantitative estimate of drug-likeness (QED) is 0.831. The zero-order valence-electron chi connectivity index (χ0n) is 11.8. The summed E-state index contributed by atoms with van der Waals surface area (Å²) in [5, 5.41) is 3.36. The summed E-state index contributed by atoms with van der Waals surface area (Å²) in [5.74, 6) is 3.21. The Morgan fingerprint density at radius 1 is 1.21 bits per heavy atom. The topological polar surface area (TPSA) is 16.1 Å². The Kier molecular flexibility index (Phi) is 2.96. The first-order valence-electron chi connectivity index (χ1n) is 7.78. The van der Waals surface area contributed by atoms with Crippen LogP contribution in [0.2, 0.25) is 0 Å². The first kappa shape index (κ1) is 12.3. The van der Waals surface area contributed by atoms with Crippen molar-refractivity contribution in [3.8, 4) is 0 Å². The first-order valence-corrected chi connectivity index (χ1v) is 8.66. The van der Waals surface area contributed by atoms with Crippen molar-refractivity contribution in [2.45, 2.75) is 45.1 Å². The molecule has 19 heavy (non-hydrogen) atoms. The second-order valence-corrected chi connectivity index (χ2v) is 8.49. The second-order valence-electron chi connectivity index (χ2n) is 7.52. The molecule has 1 heterocycles. The maximum Gasteiger partial charge on any atom is 0.107 e. The summed E-state index contributed by atoms with van der Waals surface area (Å²) in [5.41, 5.74) is 0.667. The van der Waals surface area contributed by atoms with E-state index in [1.807, 2.05) is 6.20 Å². The van der Waals surface area contributed by atoms with Crippen molar-refractivity contribution in [3.05, 3.63) is 16.6 Å². The van der Waals surface area contributed by atoms with Gasteiger partial charge in [0.2, 0.25) is 0 Å². The van der Waals surface area contributed by atoms with Gasteiger partial charge in [-0.3, -0.25) is 4.90 Å². The van der Waals surface area contributed by atoms with Crippen LogP contribution in [0.1, 0.15) is 43.5 Å². The maximum absolute atomic E-state index is 4.43. The minimum atomic E-state index is 0.667. The van der Waals surface area contributed by atoms with Crippen molar-refractivity contribution >= 4 is 11.3 Å². The molecule has 4 fully saturated rings. The van der Waals surface area contributed by atoms with Crippen LogP contribution < -0.4 is 0 Å². The zero-order chi connectivity index (χ0) is 12.9. The van der Waals surface area contributed by atoms with Crippen molar-refractivity contribution in [2.75, 3.05) is 13.6 Å². The highest BCUT2D eigenvalue weighted by Gasteiger charge is 2.50. The van der Waals surface area contributed by atoms with Gasteiger partial charge in [0.1, 0.15) is 5.01 Å². The third-order valence-corrected chi connectivity index (χ3v) is 6.42. The molecule has 0 unspecified atom stereocenters. The Labute approximate surface area is 120 Å². The van der Waals surface area contributed by atoms with Gasteiger partial charge in [-0.05, 0) is 68.7 Å². The van der Waals surface area contributed by atoms with Crippen molar-refractivity contribution in [2.24, 2.45) is 23.2 Å². The van der Waals surface area contributed by atoms with E-state index in [9.17, 15) is 0 Å². The molecule has 0 N–H and O–H groups in total. The summed E-state index contributed by atoms with van der Waals surface area (Å²) in [6.45, 7) is 2.34. The van der Waals surface area contributed by atoms with Crippen LogP contribution in [0.15, 0.2) is 11.6 Å². The predicted molar refractivity (Wildman–Crippen MR) is 79.1 cm³/mol. The van der Waals surface area contributed by atoms with Crippen molar-refractivity contribution in [3.63, 3.8) is 0 Å². The van der Waals surface area contributed by atoms with Gasteiger partial charge in [0.05, 0.1) is 6.54 Å². The molecule has 0 aliphatic heterocycles. The summed E-state index contributed by atoms with van der Waals surface area (Å²) < 4.78 is 0. The summed E-state index contributed by atoms with van der Waals surface area (Å²) in [4.78, 5) is 6.96. The van der Waals surface area contributed by atoms with E-state index < -0.39 is 0 Å². The molecule has 1 aromatic rings. The minimum Gasteiger partial charge on any atom is -0.299 e. The van der Waals surface area contributed by atoms with Crippen molar-refractivity contribution < 1.29 is 0 Å². The van der Waals surface area contributed by atoms with E-state index in [4.69, 9.17) is 0 Å². The molecule has 4 aliphatic rings. The molecule has 0 aromatic carbocycles. The van der Waals surface area contributed by atoms with Crippen molar-refractivity contribution in [1.29, 1.82) is 0 Å². The molecule has 2 nitrogen and oxygen atoms in total. The first-order chi connectivity index (χ1) is 9.21. The number of hydrogen-bond donors (Lipinski definition) is 0. The van der Waals surface area contributed by atoms with Crippen LogP contribution in [0.25, 0.3) is 0 Å². The minimum absolute atomic E-state index is 0.667. The van der Waals surface area contributed by atoms with Gasteiger partial charge in [0, 0.05) is 18.1 Å². The van der Waals surface area contributed by atoms with Gasteiger partial charge in [-0.25, -0.2) is 4.98 Å². The number of thiazole rings is 1. The lowest BCUT2D eigenvalue weighted by Gasteiger charge is -2.57. The highest BCUT2D eigenvalue weighted by atomic mass is 32.1. The van der Waals surface area contributed by atoms with Gasteiger partial charge in [-0.1, -0.05) is 0 Å². The van der Waals surface area contributed by atoms with Crippen LogP contribution in [-0.2, 0) is 6.54 Å². The molecule has 0 spiro atoms. The van der Waals surface area contributed by atoms with Gasteiger partial charge in [-0.15, -0.1) is 11.3 Å². The van der Waals surface area contributed by atoms with Gasteiger partial charge >= 0.3 is 0 Å². The number of nitrogens with zero attached hydrogens (tertiary/aromatic N) is 2. The summed E-state index contributed by atoms with van der Waals surface area (Å²) in [6.07, 6.45) is 11.1. The Morgan fingerprint density at radius 3 is 2.37 bits per heavy atom. The van der Waals surface area contributed by atoms with Crippen LogP contribution in [0.4, 0.5) is 0 Å². The van der Waals surface area contributed by atoms with E-state index >= 15 is 0 Å². The van der Waals surface area contributed by atoms with E-state index in [-0.39, 0.29) is 0 Å². The molecule has 1 aromatic heterocycles. The number of hydrogen-bond acceptors (Lipinski definition) is 3. The molecule has 0 saturated heterocycles. The summed E-state index contributed by atoms with van der Waals surface area (Å²) in [6, 6.07) is 0. The van der Waals surface area contributed by atoms with Gasteiger partial charge < -0.3 is 0 Å². The van der Waals surface area contributed by atoms with E-state index in [0.717, 1.165) is 24.3 Å². The lowest BCUT2D eigenvalue weighted by Crippen LogP contribution is -2.50. The SMILES string of the molecule is CN(Cc1nccs1)CC12CC3CC(CC(C3)C1)C2. The molecule has 5 rings (SSSR count). The fourth-order valence-electron chi connectivity index (χ4n) is 5.67. The fraction of sp³-hybridized carbons (Fsp3) is 0.812. The average Bonchev–Trinajstić information content (AvgIpc) is 2.78. The molecule has 0 radical (unpaired) electrons. The van der Waals surface area contributed by atoms with Crippen LogP contribution in [0.3, 0.4) is 0 Å². The largest absolute Gasteiger partial charge is 0.299 e. The van der Waals surface area contributed by atoms with E-state index in [2.05, 4.69) is 22.3 Å². The van der Waals surface area contributed by atoms with Gasteiger partial charge in [-0.2, -0.15) is 0 Å². The molecule has 0 atom stereocenters. The third-order valence-electron chi connectivity index (χ3n) is 5.66. The van der Waals surface area contributed by atoms with Crippen LogP contribution in [0, 0.1) is 23.2 Å². The maximum atomic E-state index is 4.43. The lowest BCUT2D eigenvalue weighted by atomic mass is 9.49. The molecule has 0 amide bonds. The monoisotopic (exact) mass is 276 g/mol. The third kappa shape index (κ3) is 2.36. The molecule has 104 valence electrons. The lowest BCUT2D eigenvalue weighted by molar-refractivity contribution is -0.0670. The Balaban J connectivity index is 1.44. The highest BCUT2D eigenvalue weighted by molar-refractivity contribution is 7.09. The predicted octanol–water partition coefficient (Wildman–Crippen LogP) is 3.79. The van der Waals surface area contributed by atoms with Crippen LogP contribution in [-0.4, -0.2) is 23.5 Å². The Morgan fingerprint density at radius 2 is 1.84 bits per heavy atom. The number of rotatable bonds is 4. The van der Waals surface area contributed by atoms with Gasteiger partial charge in [0.25, 0.3) is 0 Å². The fourth-order valence-corrected chi connectivity index (χ4v) is 6.37. The number of aromatic nitrogens is 1. The van der Waals surface area contributed by atoms with E-state index in [1.165, 1.54) is 30.8 Å². The average molecular weight is 276 g/mol. The molecule has 3 heteroatoms. The Hall–Kier alpha value is -0.410. The normalized spacial score (nSPS) is 40.2. The van der Waals surface area contributed by atoms with E-state index in [1.54, 1.807) is 30.6 Å². The second kappa shape index (κ2) is 4.56. The standard InChI is InChI=1S/C16H24N2S/c1-18(10-15-17-2-3-19-15)11-16-7-12-4-13(8-16)6-14(5-12)9-16/h2-3,12-14H,4-11H2,1H3. The summed E-state index contributed by atoms with van der Waals surface area (Å²) in [7, 11) is 2.29.